The highest BCUT2D eigenvalue weighted by Crippen LogP contribution is 2.10. The van der Waals surface area contributed by atoms with Gasteiger partial charge in [-0.25, -0.2) is 18.9 Å². The lowest BCUT2D eigenvalue weighted by Crippen LogP contribution is -2.47. The van der Waals surface area contributed by atoms with E-state index in [4.69, 9.17) is 0 Å². The lowest BCUT2D eigenvalue weighted by molar-refractivity contribution is -0.118. The first-order valence-corrected chi connectivity index (χ1v) is 9.61. The fraction of sp³-hybridized carbons (Fsp3) is 0.238. The van der Waals surface area contributed by atoms with E-state index in [0.29, 0.717) is 24.3 Å². The molecule has 0 aliphatic rings. The number of aromatic nitrogens is 3. The Morgan fingerprint density at radius 2 is 1.97 bits per heavy atom. The van der Waals surface area contributed by atoms with E-state index in [0.717, 1.165) is 5.56 Å². The van der Waals surface area contributed by atoms with Crippen LogP contribution in [0.4, 0.5) is 14.9 Å². The maximum absolute atomic E-state index is 13.0. The molecule has 0 radical (unpaired) electrons. The van der Waals surface area contributed by atoms with Gasteiger partial charge < -0.3 is 16.0 Å². The van der Waals surface area contributed by atoms with Crippen LogP contribution in [0.15, 0.2) is 61.1 Å². The number of carbonyl (C=O) groups is 2. The summed E-state index contributed by atoms with van der Waals surface area (Å²) in [4.78, 5) is 29.1. The number of pyridine rings is 1. The number of nitrogens with one attached hydrogen (secondary N) is 3. The summed E-state index contributed by atoms with van der Waals surface area (Å²) in [5, 5.41) is 12.2. The van der Waals surface area contributed by atoms with E-state index in [2.05, 4.69) is 26.0 Å². The molecule has 2 aromatic heterocycles. The molecule has 8 nitrogen and oxygen atoms in total. The first kappa shape index (κ1) is 21.0. The molecule has 1 atom stereocenters. The van der Waals surface area contributed by atoms with E-state index in [-0.39, 0.29) is 18.3 Å². The maximum Gasteiger partial charge on any atom is 0.315 e. The highest BCUT2D eigenvalue weighted by Gasteiger charge is 2.20. The van der Waals surface area contributed by atoms with Crippen molar-refractivity contribution in [2.24, 2.45) is 0 Å². The molecule has 3 N–H and O–H groups in total. The Labute approximate surface area is 173 Å². The Kier molecular flexibility index (Phi) is 7.09. The SMILES string of the molecule is CCCC(NC(=O)NCc1ccc(F)cc1)C(=O)Nc1ccc(-n2cccn2)nc1. The molecular weight excluding hydrogens is 387 g/mol. The minimum Gasteiger partial charge on any atom is -0.334 e. The summed E-state index contributed by atoms with van der Waals surface area (Å²) in [6.45, 7) is 2.16. The predicted molar refractivity (Wildman–Crippen MR) is 110 cm³/mol. The fourth-order valence-corrected chi connectivity index (χ4v) is 2.78. The number of amides is 3. The molecule has 156 valence electrons. The number of carbonyl (C=O) groups excluding carboxylic acids is 2. The van der Waals surface area contributed by atoms with Crippen molar-refractivity contribution in [1.29, 1.82) is 0 Å². The Morgan fingerprint density at radius 1 is 1.17 bits per heavy atom. The van der Waals surface area contributed by atoms with Gasteiger partial charge in [-0.15, -0.1) is 0 Å². The number of nitrogens with zero attached hydrogens (tertiary/aromatic N) is 3. The van der Waals surface area contributed by atoms with Crippen molar-refractivity contribution < 1.29 is 14.0 Å². The molecule has 0 saturated heterocycles. The van der Waals surface area contributed by atoms with Gasteiger partial charge in [-0.3, -0.25) is 4.79 Å². The van der Waals surface area contributed by atoms with Gasteiger partial charge >= 0.3 is 6.03 Å². The zero-order valence-electron chi connectivity index (χ0n) is 16.5. The van der Waals surface area contributed by atoms with Crippen molar-refractivity contribution in [2.75, 3.05) is 5.32 Å². The van der Waals surface area contributed by atoms with Crippen LogP contribution in [0.2, 0.25) is 0 Å². The summed E-state index contributed by atoms with van der Waals surface area (Å²) in [7, 11) is 0. The summed E-state index contributed by atoms with van der Waals surface area (Å²) in [5.41, 5.74) is 1.27. The summed E-state index contributed by atoms with van der Waals surface area (Å²) in [6.07, 6.45) is 6.15. The van der Waals surface area contributed by atoms with Crippen LogP contribution in [0.5, 0.6) is 0 Å². The van der Waals surface area contributed by atoms with E-state index in [1.807, 2.05) is 6.92 Å². The van der Waals surface area contributed by atoms with Crippen molar-refractivity contribution >= 4 is 17.6 Å². The highest BCUT2D eigenvalue weighted by molar-refractivity contribution is 5.96. The third-order valence-corrected chi connectivity index (χ3v) is 4.32. The van der Waals surface area contributed by atoms with Crippen LogP contribution < -0.4 is 16.0 Å². The van der Waals surface area contributed by atoms with Gasteiger partial charge in [0.2, 0.25) is 5.91 Å². The normalized spacial score (nSPS) is 11.5. The number of hydrogen-bond acceptors (Lipinski definition) is 4. The first-order chi connectivity index (χ1) is 14.5. The topological polar surface area (TPSA) is 101 Å². The van der Waals surface area contributed by atoms with Gasteiger partial charge in [0, 0.05) is 18.9 Å². The lowest BCUT2D eigenvalue weighted by atomic mass is 10.1. The predicted octanol–water partition coefficient (Wildman–Crippen LogP) is 3.01. The van der Waals surface area contributed by atoms with Crippen molar-refractivity contribution in [3.05, 3.63) is 72.4 Å². The Bertz CT molecular complexity index is 958. The van der Waals surface area contributed by atoms with Crippen LogP contribution in [0, 0.1) is 5.82 Å². The third kappa shape index (κ3) is 5.87. The van der Waals surface area contributed by atoms with E-state index < -0.39 is 12.1 Å². The number of halogens is 1. The zero-order valence-corrected chi connectivity index (χ0v) is 16.5. The molecule has 3 amide bonds. The third-order valence-electron chi connectivity index (χ3n) is 4.32. The minimum atomic E-state index is -0.700. The van der Waals surface area contributed by atoms with Gasteiger partial charge in [-0.1, -0.05) is 25.5 Å². The number of hydrogen-bond donors (Lipinski definition) is 3. The van der Waals surface area contributed by atoms with Crippen molar-refractivity contribution in [1.82, 2.24) is 25.4 Å². The molecule has 2 heterocycles. The van der Waals surface area contributed by atoms with E-state index in [9.17, 15) is 14.0 Å². The van der Waals surface area contributed by atoms with Crippen LogP contribution >= 0.6 is 0 Å². The van der Waals surface area contributed by atoms with Crippen molar-refractivity contribution in [3.8, 4) is 5.82 Å². The van der Waals surface area contributed by atoms with Crippen LogP contribution in [-0.4, -0.2) is 32.7 Å². The standard InChI is InChI=1S/C21H23FN6O2/c1-2-4-18(27-21(30)24-13-15-5-7-16(22)8-6-15)20(29)26-17-9-10-19(23-14-17)28-12-3-11-25-28/h3,5-12,14,18H,2,4,13H2,1H3,(H,26,29)(H2,24,27,30). The summed E-state index contributed by atoms with van der Waals surface area (Å²) in [5.74, 6) is -0.0427. The lowest BCUT2D eigenvalue weighted by Gasteiger charge is -2.18. The average Bonchev–Trinajstić information content (AvgIpc) is 3.28. The highest BCUT2D eigenvalue weighted by atomic mass is 19.1. The van der Waals surface area contributed by atoms with Gasteiger partial charge in [0.05, 0.1) is 11.9 Å². The van der Waals surface area contributed by atoms with E-state index >= 15 is 0 Å². The number of anilines is 1. The first-order valence-electron chi connectivity index (χ1n) is 9.61. The number of benzene rings is 1. The Hall–Kier alpha value is -3.75. The molecule has 0 aliphatic carbocycles. The molecule has 1 unspecified atom stereocenters. The van der Waals surface area contributed by atoms with Gasteiger partial charge in [0.1, 0.15) is 11.9 Å². The van der Waals surface area contributed by atoms with Crippen molar-refractivity contribution in [2.45, 2.75) is 32.4 Å². The number of urea groups is 1. The summed E-state index contributed by atoms with van der Waals surface area (Å²) < 4.78 is 14.6. The van der Waals surface area contributed by atoms with E-state index in [1.165, 1.54) is 18.3 Å². The largest absolute Gasteiger partial charge is 0.334 e. The van der Waals surface area contributed by atoms with Crippen molar-refractivity contribution in [3.63, 3.8) is 0 Å². The summed E-state index contributed by atoms with van der Waals surface area (Å²) >= 11 is 0. The molecule has 3 rings (SSSR count). The average molecular weight is 410 g/mol. The minimum absolute atomic E-state index is 0.228. The van der Waals surface area contributed by atoms with Gasteiger partial charge in [0.15, 0.2) is 5.82 Å². The molecule has 30 heavy (non-hydrogen) atoms. The second-order valence-corrected chi connectivity index (χ2v) is 6.64. The van der Waals surface area contributed by atoms with Crippen LogP contribution in [0.1, 0.15) is 25.3 Å². The monoisotopic (exact) mass is 410 g/mol. The van der Waals surface area contributed by atoms with Crippen LogP contribution in [-0.2, 0) is 11.3 Å². The zero-order chi connectivity index (χ0) is 21.3. The quantitative estimate of drug-likeness (QED) is 0.531. The molecule has 0 fully saturated rings. The molecular formula is C21H23FN6O2. The Morgan fingerprint density at radius 3 is 2.60 bits per heavy atom. The second-order valence-electron chi connectivity index (χ2n) is 6.64. The molecule has 0 spiro atoms. The maximum atomic E-state index is 13.0. The fourth-order valence-electron chi connectivity index (χ4n) is 2.78. The molecule has 3 aromatic rings. The molecule has 0 saturated carbocycles. The van der Waals surface area contributed by atoms with Gasteiger partial charge in [0.25, 0.3) is 0 Å². The van der Waals surface area contributed by atoms with Crippen LogP contribution in [0.3, 0.4) is 0 Å². The molecule has 0 bridgehead atoms. The van der Waals surface area contributed by atoms with E-state index in [1.54, 1.807) is 47.4 Å². The molecule has 1 aromatic carbocycles. The van der Waals surface area contributed by atoms with Crippen LogP contribution in [0.25, 0.3) is 5.82 Å². The Balaban J connectivity index is 1.54. The second kappa shape index (κ2) is 10.1. The smallest absolute Gasteiger partial charge is 0.315 e. The molecule has 9 heteroatoms. The van der Waals surface area contributed by atoms with Gasteiger partial charge in [-0.05, 0) is 42.3 Å². The van der Waals surface area contributed by atoms with Gasteiger partial charge in [-0.2, -0.15) is 5.10 Å². The summed E-state index contributed by atoms with van der Waals surface area (Å²) in [6, 6.07) is 9.91. The number of rotatable bonds is 8. The molecule has 0 aliphatic heterocycles.